The van der Waals surface area contributed by atoms with Crippen molar-refractivity contribution in [3.8, 4) is 5.75 Å². The number of ether oxygens (including phenoxy) is 1. The van der Waals surface area contributed by atoms with Crippen LogP contribution in [0.4, 0.5) is 0 Å². The third-order valence-electron chi connectivity index (χ3n) is 4.68. The first-order valence-electron chi connectivity index (χ1n) is 8.13. The predicted molar refractivity (Wildman–Crippen MR) is 92.2 cm³/mol. The molecule has 1 atom stereocenters. The number of carbonyl (C=O) groups is 1. The summed E-state index contributed by atoms with van der Waals surface area (Å²) in [6.45, 7) is 4.14. The Morgan fingerprint density at radius 3 is 2.50 bits per heavy atom. The molecule has 1 aliphatic rings. The van der Waals surface area contributed by atoms with E-state index in [0.29, 0.717) is 12.1 Å². The van der Waals surface area contributed by atoms with Crippen LogP contribution in [0.3, 0.4) is 0 Å². The van der Waals surface area contributed by atoms with Gasteiger partial charge in [-0.2, -0.15) is 5.10 Å². The maximum absolute atomic E-state index is 12.9. The van der Waals surface area contributed by atoms with Crippen LogP contribution in [0.15, 0.2) is 30.5 Å². The van der Waals surface area contributed by atoms with Crippen molar-refractivity contribution in [3.63, 3.8) is 0 Å². The summed E-state index contributed by atoms with van der Waals surface area (Å²) in [5.74, 6) is 0.906. The fourth-order valence-electron chi connectivity index (χ4n) is 3.22. The van der Waals surface area contributed by atoms with Crippen LogP contribution in [-0.2, 0) is 7.05 Å². The van der Waals surface area contributed by atoms with E-state index >= 15 is 0 Å². The van der Waals surface area contributed by atoms with E-state index in [2.05, 4.69) is 29.2 Å². The number of methoxy groups -OCH3 is 1. The molecule has 2 aromatic rings. The van der Waals surface area contributed by atoms with Gasteiger partial charge in [0.25, 0.3) is 5.91 Å². The molecule has 1 unspecified atom stereocenters. The van der Waals surface area contributed by atoms with Crippen molar-refractivity contribution in [1.29, 1.82) is 0 Å². The van der Waals surface area contributed by atoms with Crippen LogP contribution in [0.2, 0.25) is 0 Å². The molecule has 1 amide bonds. The number of amides is 1. The number of hydrogen-bond donors (Lipinski definition) is 0. The van der Waals surface area contributed by atoms with Crippen molar-refractivity contribution < 1.29 is 9.53 Å². The lowest BCUT2D eigenvalue weighted by molar-refractivity contribution is 0.0545. The van der Waals surface area contributed by atoms with Crippen LogP contribution in [0.1, 0.15) is 27.7 Å². The first-order valence-corrected chi connectivity index (χ1v) is 8.13. The second-order valence-corrected chi connectivity index (χ2v) is 6.32. The molecule has 1 saturated heterocycles. The van der Waals surface area contributed by atoms with E-state index in [9.17, 15) is 4.79 Å². The van der Waals surface area contributed by atoms with Gasteiger partial charge in [-0.15, -0.1) is 0 Å². The first kappa shape index (κ1) is 16.5. The maximum atomic E-state index is 12.9. The van der Waals surface area contributed by atoms with Gasteiger partial charge in [0.05, 0.1) is 24.4 Å². The quantitative estimate of drug-likeness (QED) is 0.863. The van der Waals surface area contributed by atoms with Gasteiger partial charge in [0.1, 0.15) is 5.75 Å². The number of rotatable bonds is 3. The second kappa shape index (κ2) is 6.65. The van der Waals surface area contributed by atoms with Gasteiger partial charge >= 0.3 is 0 Å². The molecule has 6 nitrogen and oxygen atoms in total. The van der Waals surface area contributed by atoms with Crippen LogP contribution < -0.4 is 4.74 Å². The molecule has 0 spiro atoms. The number of likely N-dealkylation sites (N-methyl/N-ethyl adjacent to an activating group) is 1. The Balaban J connectivity index is 1.79. The summed E-state index contributed by atoms with van der Waals surface area (Å²) in [6, 6.07) is 8.27. The lowest BCUT2D eigenvalue weighted by Gasteiger charge is -2.39. The Hall–Kier alpha value is -2.34. The van der Waals surface area contributed by atoms with Gasteiger partial charge in [0.2, 0.25) is 0 Å². The SMILES string of the molecule is COc1ccc(C2CN(C(=O)c3cn(C)nc3C)CCN2C)cc1. The van der Waals surface area contributed by atoms with Gasteiger partial charge in [-0.3, -0.25) is 14.4 Å². The normalized spacial score (nSPS) is 18.7. The standard InChI is InChI=1S/C18H24N4O2/c1-13-16(11-21(3)19-13)18(23)22-10-9-20(2)17(12-22)14-5-7-15(24-4)8-6-14/h5-8,11,17H,9-10,12H2,1-4H3. The maximum Gasteiger partial charge on any atom is 0.257 e. The van der Waals surface area contributed by atoms with Gasteiger partial charge in [-0.1, -0.05) is 12.1 Å². The van der Waals surface area contributed by atoms with E-state index in [1.807, 2.05) is 31.0 Å². The lowest BCUT2D eigenvalue weighted by Crippen LogP contribution is -2.49. The summed E-state index contributed by atoms with van der Waals surface area (Å²) in [4.78, 5) is 17.1. The van der Waals surface area contributed by atoms with Crippen LogP contribution in [0.25, 0.3) is 0 Å². The smallest absolute Gasteiger partial charge is 0.257 e. The molecule has 1 aliphatic heterocycles. The highest BCUT2D eigenvalue weighted by Crippen LogP contribution is 2.26. The lowest BCUT2D eigenvalue weighted by atomic mass is 10.0. The highest BCUT2D eigenvalue weighted by Gasteiger charge is 2.30. The van der Waals surface area contributed by atoms with Crippen molar-refractivity contribution >= 4 is 5.91 Å². The summed E-state index contributed by atoms with van der Waals surface area (Å²) >= 11 is 0. The number of carbonyl (C=O) groups excluding carboxylic acids is 1. The summed E-state index contributed by atoms with van der Waals surface area (Å²) in [5, 5.41) is 4.28. The molecule has 3 rings (SSSR count). The van der Waals surface area contributed by atoms with Crippen LogP contribution in [-0.4, -0.2) is 59.3 Å². The molecule has 6 heteroatoms. The molecular weight excluding hydrogens is 304 g/mol. The van der Waals surface area contributed by atoms with Crippen LogP contribution in [0.5, 0.6) is 5.75 Å². The fraction of sp³-hybridized carbons (Fsp3) is 0.444. The van der Waals surface area contributed by atoms with E-state index in [1.54, 1.807) is 18.0 Å². The van der Waals surface area contributed by atoms with Crippen molar-refractivity contribution in [3.05, 3.63) is 47.3 Å². The molecule has 0 bridgehead atoms. The van der Waals surface area contributed by atoms with Gasteiger partial charge in [-0.05, 0) is 31.7 Å². The van der Waals surface area contributed by atoms with Crippen molar-refractivity contribution in [2.45, 2.75) is 13.0 Å². The number of aromatic nitrogens is 2. The van der Waals surface area contributed by atoms with E-state index in [1.165, 1.54) is 5.56 Å². The number of nitrogens with zero attached hydrogens (tertiary/aromatic N) is 4. The average Bonchev–Trinajstić information content (AvgIpc) is 2.93. The minimum absolute atomic E-state index is 0.0622. The van der Waals surface area contributed by atoms with Crippen LogP contribution in [0, 0.1) is 6.92 Å². The Morgan fingerprint density at radius 1 is 1.21 bits per heavy atom. The van der Waals surface area contributed by atoms with Crippen molar-refractivity contribution in [1.82, 2.24) is 19.6 Å². The Labute approximate surface area is 142 Å². The molecule has 24 heavy (non-hydrogen) atoms. The van der Waals surface area contributed by atoms with Gasteiger partial charge in [0, 0.05) is 32.9 Å². The van der Waals surface area contributed by atoms with Crippen molar-refractivity contribution in [2.75, 3.05) is 33.8 Å². The summed E-state index contributed by atoms with van der Waals surface area (Å²) in [6.07, 6.45) is 1.80. The Bertz CT molecular complexity index is 723. The Kier molecular flexibility index (Phi) is 4.57. The molecule has 2 heterocycles. The van der Waals surface area contributed by atoms with Gasteiger partial charge in [0.15, 0.2) is 0 Å². The van der Waals surface area contributed by atoms with Crippen LogP contribution >= 0.6 is 0 Å². The largest absolute Gasteiger partial charge is 0.497 e. The van der Waals surface area contributed by atoms with Gasteiger partial charge in [-0.25, -0.2) is 0 Å². The summed E-state index contributed by atoms with van der Waals surface area (Å²) < 4.78 is 6.92. The predicted octanol–water partition coefficient (Wildman–Crippen LogP) is 1.87. The molecule has 0 aliphatic carbocycles. The van der Waals surface area contributed by atoms with E-state index in [4.69, 9.17) is 4.74 Å². The molecule has 0 saturated carbocycles. The summed E-state index contributed by atoms with van der Waals surface area (Å²) in [5.41, 5.74) is 2.66. The molecular formula is C18H24N4O2. The monoisotopic (exact) mass is 328 g/mol. The van der Waals surface area contributed by atoms with E-state index in [0.717, 1.165) is 24.5 Å². The highest BCUT2D eigenvalue weighted by atomic mass is 16.5. The molecule has 128 valence electrons. The number of benzene rings is 1. The molecule has 1 aromatic heterocycles. The molecule has 1 aromatic carbocycles. The summed E-state index contributed by atoms with van der Waals surface area (Å²) in [7, 11) is 5.61. The first-order chi connectivity index (χ1) is 11.5. The average molecular weight is 328 g/mol. The third kappa shape index (κ3) is 3.14. The molecule has 1 fully saturated rings. The van der Waals surface area contributed by atoms with E-state index in [-0.39, 0.29) is 11.9 Å². The highest BCUT2D eigenvalue weighted by molar-refractivity contribution is 5.95. The zero-order valence-corrected chi connectivity index (χ0v) is 14.7. The topological polar surface area (TPSA) is 50.6 Å². The third-order valence-corrected chi connectivity index (χ3v) is 4.68. The second-order valence-electron chi connectivity index (χ2n) is 6.32. The molecule has 0 radical (unpaired) electrons. The zero-order valence-electron chi connectivity index (χ0n) is 14.7. The Morgan fingerprint density at radius 2 is 1.92 bits per heavy atom. The van der Waals surface area contributed by atoms with Crippen molar-refractivity contribution in [2.24, 2.45) is 7.05 Å². The van der Waals surface area contributed by atoms with Gasteiger partial charge < -0.3 is 9.64 Å². The number of piperazine rings is 1. The minimum Gasteiger partial charge on any atom is -0.497 e. The number of aryl methyl sites for hydroxylation is 2. The minimum atomic E-state index is 0.0622. The fourth-order valence-corrected chi connectivity index (χ4v) is 3.22. The molecule has 0 N–H and O–H groups in total. The number of hydrogen-bond acceptors (Lipinski definition) is 4. The van der Waals surface area contributed by atoms with E-state index < -0.39 is 0 Å². The zero-order chi connectivity index (χ0) is 17.3.